The van der Waals surface area contributed by atoms with Gasteiger partial charge in [-0.2, -0.15) is 13.2 Å². The highest BCUT2D eigenvalue weighted by atomic mass is 19.4. The summed E-state index contributed by atoms with van der Waals surface area (Å²) in [6.07, 6.45) is -2.93. The number of benzene rings is 1. The molecule has 3 rings (SSSR count). The van der Waals surface area contributed by atoms with E-state index in [0.29, 0.717) is 45.6 Å². The zero-order chi connectivity index (χ0) is 20.1. The first-order chi connectivity index (χ1) is 13.4. The van der Waals surface area contributed by atoms with Crippen LogP contribution in [0.15, 0.2) is 24.3 Å². The zero-order valence-electron chi connectivity index (χ0n) is 16.2. The second kappa shape index (κ2) is 8.92. The van der Waals surface area contributed by atoms with Gasteiger partial charge in [0.05, 0.1) is 18.2 Å². The Balaban J connectivity index is 1.52. The van der Waals surface area contributed by atoms with Crippen molar-refractivity contribution in [1.29, 1.82) is 0 Å². The molecular weight excluding hydrogens is 371 g/mol. The standard InChI is InChI=1S/C20H28F3N3O2/c1-2-28-18-9-4-3-8-17(18)25-10-12-26(13-11-25)19(27)24-16-7-5-6-15(14-16)20(21,22)23/h3-4,8-9,15-16H,2,5-7,10-14H2,1H3,(H,24,27). The third-order valence-electron chi connectivity index (χ3n) is 5.54. The molecule has 0 bridgehead atoms. The van der Waals surface area contributed by atoms with Crippen LogP contribution in [0.5, 0.6) is 5.75 Å². The van der Waals surface area contributed by atoms with Crippen molar-refractivity contribution >= 4 is 11.7 Å². The van der Waals surface area contributed by atoms with Gasteiger partial charge < -0.3 is 19.9 Å². The first-order valence-electron chi connectivity index (χ1n) is 9.97. The third kappa shape index (κ3) is 5.02. The number of piperazine rings is 1. The van der Waals surface area contributed by atoms with Gasteiger partial charge in [0, 0.05) is 32.2 Å². The number of carbonyl (C=O) groups excluding carboxylic acids is 1. The topological polar surface area (TPSA) is 44.8 Å². The SMILES string of the molecule is CCOc1ccccc1N1CCN(C(=O)NC2CCCC(C(F)(F)F)C2)CC1. The molecule has 5 nitrogen and oxygen atoms in total. The van der Waals surface area contributed by atoms with E-state index in [1.807, 2.05) is 31.2 Å². The molecule has 1 aromatic carbocycles. The van der Waals surface area contributed by atoms with Crippen molar-refractivity contribution in [3.8, 4) is 5.75 Å². The molecule has 1 aliphatic heterocycles. The van der Waals surface area contributed by atoms with E-state index < -0.39 is 18.1 Å². The monoisotopic (exact) mass is 399 g/mol. The minimum absolute atomic E-state index is 0.0169. The van der Waals surface area contributed by atoms with Gasteiger partial charge >= 0.3 is 12.2 Å². The van der Waals surface area contributed by atoms with Crippen LogP contribution in [0.1, 0.15) is 32.6 Å². The zero-order valence-corrected chi connectivity index (χ0v) is 16.2. The molecule has 1 aliphatic carbocycles. The van der Waals surface area contributed by atoms with Gasteiger partial charge in [0.2, 0.25) is 0 Å². The van der Waals surface area contributed by atoms with E-state index in [2.05, 4.69) is 10.2 Å². The maximum Gasteiger partial charge on any atom is 0.391 e. The normalized spacial score (nSPS) is 23.4. The molecule has 28 heavy (non-hydrogen) atoms. The molecule has 2 unspecified atom stereocenters. The summed E-state index contributed by atoms with van der Waals surface area (Å²) in [5, 5.41) is 2.82. The molecule has 0 radical (unpaired) electrons. The molecule has 2 atom stereocenters. The van der Waals surface area contributed by atoms with Gasteiger partial charge in [-0.3, -0.25) is 0 Å². The Bertz CT molecular complexity index is 660. The van der Waals surface area contributed by atoms with E-state index in [4.69, 9.17) is 4.74 Å². The maximum atomic E-state index is 13.0. The number of hydrogen-bond donors (Lipinski definition) is 1. The second-order valence-corrected chi connectivity index (χ2v) is 7.43. The van der Waals surface area contributed by atoms with Gasteiger partial charge in [-0.1, -0.05) is 18.6 Å². The fourth-order valence-corrected chi connectivity index (χ4v) is 4.03. The summed E-state index contributed by atoms with van der Waals surface area (Å²) in [4.78, 5) is 16.4. The number of nitrogens with one attached hydrogen (secondary N) is 1. The highest BCUT2D eigenvalue weighted by molar-refractivity contribution is 5.75. The Kier molecular flexibility index (Phi) is 6.57. The van der Waals surface area contributed by atoms with Crippen molar-refractivity contribution in [3.05, 3.63) is 24.3 Å². The number of ether oxygens (including phenoxy) is 1. The number of halogens is 3. The number of rotatable bonds is 4. The Morgan fingerprint density at radius 1 is 1.18 bits per heavy atom. The number of para-hydroxylation sites is 2. The number of hydrogen-bond acceptors (Lipinski definition) is 3. The molecule has 2 amide bonds. The Hall–Kier alpha value is -2.12. The van der Waals surface area contributed by atoms with E-state index in [-0.39, 0.29) is 18.9 Å². The van der Waals surface area contributed by atoms with E-state index in [9.17, 15) is 18.0 Å². The van der Waals surface area contributed by atoms with Crippen LogP contribution >= 0.6 is 0 Å². The number of alkyl halides is 3. The molecule has 1 heterocycles. The van der Waals surface area contributed by atoms with Crippen molar-refractivity contribution in [1.82, 2.24) is 10.2 Å². The highest BCUT2D eigenvalue weighted by Gasteiger charge is 2.42. The molecule has 1 N–H and O–H groups in total. The number of amides is 2. The van der Waals surface area contributed by atoms with Crippen molar-refractivity contribution < 1.29 is 22.7 Å². The van der Waals surface area contributed by atoms with Gasteiger partial charge in [-0.25, -0.2) is 4.79 Å². The van der Waals surface area contributed by atoms with E-state index in [1.54, 1.807) is 4.90 Å². The smallest absolute Gasteiger partial charge is 0.391 e. The summed E-state index contributed by atoms with van der Waals surface area (Å²) >= 11 is 0. The summed E-state index contributed by atoms with van der Waals surface area (Å²) in [5.74, 6) is -0.484. The molecule has 0 aromatic heterocycles. The maximum absolute atomic E-state index is 13.0. The van der Waals surface area contributed by atoms with E-state index in [0.717, 1.165) is 11.4 Å². The molecule has 2 aliphatic rings. The molecule has 156 valence electrons. The van der Waals surface area contributed by atoms with Gasteiger partial charge in [-0.15, -0.1) is 0 Å². The van der Waals surface area contributed by atoms with Gasteiger partial charge in [0.25, 0.3) is 0 Å². The quantitative estimate of drug-likeness (QED) is 0.831. The molecule has 1 aromatic rings. The van der Waals surface area contributed by atoms with Crippen molar-refractivity contribution in [3.63, 3.8) is 0 Å². The third-order valence-corrected chi connectivity index (χ3v) is 5.54. The van der Waals surface area contributed by atoms with Gasteiger partial charge in [-0.05, 0) is 38.3 Å². The first kappa shape index (κ1) is 20.6. The number of urea groups is 1. The highest BCUT2D eigenvalue weighted by Crippen LogP contribution is 2.37. The Labute approximate surface area is 163 Å². The summed E-state index contributed by atoms with van der Waals surface area (Å²) in [6, 6.07) is 7.15. The summed E-state index contributed by atoms with van der Waals surface area (Å²) in [7, 11) is 0. The van der Waals surface area contributed by atoms with Crippen LogP contribution < -0.4 is 15.0 Å². The summed E-state index contributed by atoms with van der Waals surface area (Å²) in [6.45, 7) is 4.90. The predicted molar refractivity (Wildman–Crippen MR) is 102 cm³/mol. The van der Waals surface area contributed by atoms with Crippen molar-refractivity contribution in [2.75, 3.05) is 37.7 Å². The largest absolute Gasteiger partial charge is 0.492 e. The Morgan fingerprint density at radius 3 is 2.57 bits per heavy atom. The molecule has 8 heteroatoms. The van der Waals surface area contributed by atoms with Crippen LogP contribution in [0.4, 0.5) is 23.7 Å². The van der Waals surface area contributed by atoms with Crippen LogP contribution in [0.2, 0.25) is 0 Å². The summed E-state index contributed by atoms with van der Waals surface area (Å²) in [5.41, 5.74) is 1.00. The van der Waals surface area contributed by atoms with E-state index in [1.165, 1.54) is 0 Å². The van der Waals surface area contributed by atoms with Crippen LogP contribution in [0.25, 0.3) is 0 Å². The van der Waals surface area contributed by atoms with Crippen molar-refractivity contribution in [2.45, 2.75) is 44.8 Å². The molecular formula is C20H28F3N3O2. The molecule has 0 spiro atoms. The molecule has 1 saturated heterocycles. The molecule has 1 saturated carbocycles. The molecule has 2 fully saturated rings. The number of nitrogens with zero attached hydrogens (tertiary/aromatic N) is 2. The second-order valence-electron chi connectivity index (χ2n) is 7.43. The predicted octanol–water partition coefficient (Wildman–Crippen LogP) is 4.04. The van der Waals surface area contributed by atoms with E-state index >= 15 is 0 Å². The minimum Gasteiger partial charge on any atom is -0.492 e. The lowest BCUT2D eigenvalue weighted by Gasteiger charge is -2.38. The number of anilines is 1. The minimum atomic E-state index is -4.18. The summed E-state index contributed by atoms with van der Waals surface area (Å²) < 4.78 is 44.6. The Morgan fingerprint density at radius 2 is 1.89 bits per heavy atom. The lowest BCUT2D eigenvalue weighted by molar-refractivity contribution is -0.183. The van der Waals surface area contributed by atoms with Crippen LogP contribution in [0.3, 0.4) is 0 Å². The van der Waals surface area contributed by atoms with Crippen LogP contribution in [-0.2, 0) is 0 Å². The van der Waals surface area contributed by atoms with Gasteiger partial charge in [0.1, 0.15) is 5.75 Å². The first-order valence-corrected chi connectivity index (χ1v) is 9.97. The van der Waals surface area contributed by atoms with Crippen LogP contribution in [-0.4, -0.2) is 55.9 Å². The number of carbonyl (C=O) groups is 1. The average Bonchev–Trinajstić information content (AvgIpc) is 2.68. The van der Waals surface area contributed by atoms with Crippen LogP contribution in [0, 0.1) is 5.92 Å². The average molecular weight is 399 g/mol. The lowest BCUT2D eigenvalue weighted by Crippen LogP contribution is -2.54. The fraction of sp³-hybridized carbons (Fsp3) is 0.650. The van der Waals surface area contributed by atoms with Gasteiger partial charge in [0.15, 0.2) is 0 Å². The lowest BCUT2D eigenvalue weighted by atomic mass is 9.85. The fourth-order valence-electron chi connectivity index (χ4n) is 4.03. The van der Waals surface area contributed by atoms with Crippen molar-refractivity contribution in [2.24, 2.45) is 5.92 Å².